The number of hydrogen-bond acceptors (Lipinski definition) is 3. The fourth-order valence-electron chi connectivity index (χ4n) is 1.52. The molecule has 0 aliphatic rings. The second kappa shape index (κ2) is 3.65. The van der Waals surface area contributed by atoms with Gasteiger partial charge in [-0.15, -0.1) is 0 Å². The lowest BCUT2D eigenvalue weighted by Crippen LogP contribution is -1.97. The molecule has 0 radical (unpaired) electrons. The van der Waals surface area contributed by atoms with Crippen molar-refractivity contribution in [1.29, 1.82) is 0 Å². The summed E-state index contributed by atoms with van der Waals surface area (Å²) in [5, 5.41) is 0. The second-order valence-electron chi connectivity index (χ2n) is 3.39. The van der Waals surface area contributed by atoms with Crippen molar-refractivity contribution in [3.63, 3.8) is 0 Å². The third-order valence-electron chi connectivity index (χ3n) is 2.16. The summed E-state index contributed by atoms with van der Waals surface area (Å²) in [7, 11) is 0. The minimum absolute atomic E-state index is 0.568. The lowest BCUT2D eigenvalue weighted by Gasteiger charge is -2.03. The average molecular weight is 201 g/mol. The maximum absolute atomic E-state index is 10.6. The van der Waals surface area contributed by atoms with Crippen LogP contribution in [0.1, 0.15) is 21.9 Å². The van der Waals surface area contributed by atoms with Gasteiger partial charge in [-0.25, -0.2) is 4.98 Å². The van der Waals surface area contributed by atoms with Gasteiger partial charge in [-0.2, -0.15) is 0 Å². The lowest BCUT2D eigenvalue weighted by atomic mass is 10.3. The Bertz CT molecular complexity index is 502. The summed E-state index contributed by atoms with van der Waals surface area (Å²) in [6, 6.07) is 1.79. The highest BCUT2D eigenvalue weighted by molar-refractivity contribution is 5.75. The van der Waals surface area contributed by atoms with Crippen LogP contribution in [-0.2, 0) is 0 Å². The molecule has 2 heterocycles. The summed E-state index contributed by atoms with van der Waals surface area (Å²) in [5.41, 5.74) is 2.37. The molecule has 2 aromatic rings. The predicted octanol–water partition coefficient (Wildman–Crippen LogP) is 1.70. The molecule has 0 N–H and O–H groups in total. The zero-order chi connectivity index (χ0) is 10.8. The van der Waals surface area contributed by atoms with Gasteiger partial charge in [0.2, 0.25) is 0 Å². The van der Waals surface area contributed by atoms with E-state index >= 15 is 0 Å². The molecule has 4 heteroatoms. The maximum Gasteiger partial charge on any atom is 0.151 e. The first kappa shape index (κ1) is 9.58. The molecule has 0 atom stereocenters. The number of rotatable bonds is 2. The van der Waals surface area contributed by atoms with Crippen LogP contribution in [0.2, 0.25) is 0 Å². The van der Waals surface area contributed by atoms with Crippen molar-refractivity contribution in [2.75, 3.05) is 0 Å². The number of hydrogen-bond donors (Lipinski definition) is 0. The van der Waals surface area contributed by atoms with Gasteiger partial charge < -0.3 is 4.57 Å². The zero-order valence-corrected chi connectivity index (χ0v) is 8.64. The lowest BCUT2D eigenvalue weighted by molar-refractivity contribution is 0.112. The topological polar surface area (TPSA) is 47.8 Å². The second-order valence-corrected chi connectivity index (χ2v) is 3.39. The number of aldehydes is 1. The van der Waals surface area contributed by atoms with Crippen molar-refractivity contribution in [2.45, 2.75) is 13.8 Å². The van der Waals surface area contributed by atoms with Crippen LogP contribution >= 0.6 is 0 Å². The van der Waals surface area contributed by atoms with E-state index in [1.807, 2.05) is 24.6 Å². The number of aromatic nitrogens is 3. The largest absolute Gasteiger partial charge is 0.302 e. The minimum atomic E-state index is 0.568. The highest BCUT2D eigenvalue weighted by atomic mass is 16.1. The molecule has 0 bridgehead atoms. The number of carbonyl (C=O) groups is 1. The molecule has 0 aromatic carbocycles. The molecule has 2 aromatic heterocycles. The average Bonchev–Trinajstić information content (AvgIpc) is 2.58. The van der Waals surface area contributed by atoms with Gasteiger partial charge >= 0.3 is 0 Å². The summed E-state index contributed by atoms with van der Waals surface area (Å²) in [6.07, 6.45) is 5.95. The molecule has 0 aliphatic carbocycles. The number of aryl methyl sites for hydroxylation is 2. The molecule has 0 saturated heterocycles. The van der Waals surface area contributed by atoms with E-state index in [9.17, 15) is 4.79 Å². The molecular weight excluding hydrogens is 190 g/mol. The van der Waals surface area contributed by atoms with E-state index in [0.29, 0.717) is 5.56 Å². The van der Waals surface area contributed by atoms with E-state index in [1.165, 1.54) is 6.20 Å². The normalized spacial score (nSPS) is 10.3. The Kier molecular flexibility index (Phi) is 2.33. The van der Waals surface area contributed by atoms with Crippen molar-refractivity contribution in [1.82, 2.24) is 14.5 Å². The van der Waals surface area contributed by atoms with Gasteiger partial charge in [-0.05, 0) is 19.9 Å². The van der Waals surface area contributed by atoms with E-state index in [-0.39, 0.29) is 0 Å². The minimum Gasteiger partial charge on any atom is -0.302 e. The van der Waals surface area contributed by atoms with Crippen molar-refractivity contribution < 1.29 is 4.79 Å². The molecule has 0 fully saturated rings. The maximum atomic E-state index is 10.6. The third-order valence-corrected chi connectivity index (χ3v) is 2.16. The van der Waals surface area contributed by atoms with E-state index < -0.39 is 0 Å². The number of pyridine rings is 1. The summed E-state index contributed by atoms with van der Waals surface area (Å²) < 4.78 is 1.91. The van der Waals surface area contributed by atoms with Crippen LogP contribution in [0.15, 0.2) is 24.7 Å². The number of carbonyl (C=O) groups excluding carboxylic acids is 1. The third kappa shape index (κ3) is 1.79. The smallest absolute Gasteiger partial charge is 0.151 e. The van der Waals surface area contributed by atoms with Gasteiger partial charge in [0.15, 0.2) is 6.29 Å². The summed E-state index contributed by atoms with van der Waals surface area (Å²) in [6.45, 7) is 3.85. The van der Waals surface area contributed by atoms with Crippen LogP contribution in [0.4, 0.5) is 0 Å². The highest BCUT2D eigenvalue weighted by Gasteiger charge is 2.03. The van der Waals surface area contributed by atoms with Gasteiger partial charge in [0.05, 0.1) is 17.6 Å². The van der Waals surface area contributed by atoms with Crippen LogP contribution in [0.5, 0.6) is 0 Å². The molecule has 0 aliphatic heterocycles. The van der Waals surface area contributed by atoms with Crippen molar-refractivity contribution in [3.05, 3.63) is 41.7 Å². The highest BCUT2D eigenvalue weighted by Crippen LogP contribution is 2.11. The molecular formula is C11H11N3O. The summed E-state index contributed by atoms with van der Waals surface area (Å²) >= 11 is 0. The van der Waals surface area contributed by atoms with Crippen LogP contribution in [0, 0.1) is 13.8 Å². The molecule has 0 amide bonds. The molecule has 2 rings (SSSR count). The Morgan fingerprint density at radius 1 is 1.33 bits per heavy atom. The first-order valence-corrected chi connectivity index (χ1v) is 4.64. The molecule has 4 nitrogen and oxygen atoms in total. The van der Waals surface area contributed by atoms with Crippen LogP contribution in [0.25, 0.3) is 5.69 Å². The fourth-order valence-corrected chi connectivity index (χ4v) is 1.52. The first-order chi connectivity index (χ1) is 7.20. The Hall–Kier alpha value is -1.97. The van der Waals surface area contributed by atoms with Crippen LogP contribution < -0.4 is 0 Å². The first-order valence-electron chi connectivity index (χ1n) is 4.64. The standard InChI is InChI=1S/C11H11N3O/c1-8-6-14(9(2)13-8)11-3-10(7-15)4-12-5-11/h3-7H,1-2H3. The van der Waals surface area contributed by atoms with Gasteiger partial charge in [0.25, 0.3) is 0 Å². The van der Waals surface area contributed by atoms with Crippen molar-refractivity contribution >= 4 is 6.29 Å². The van der Waals surface area contributed by atoms with Gasteiger partial charge in [-0.1, -0.05) is 0 Å². The number of imidazole rings is 1. The van der Waals surface area contributed by atoms with Gasteiger partial charge in [0, 0.05) is 18.0 Å². The molecule has 0 unspecified atom stereocenters. The monoisotopic (exact) mass is 201 g/mol. The Labute approximate surface area is 87.6 Å². The van der Waals surface area contributed by atoms with E-state index in [1.54, 1.807) is 12.3 Å². The Morgan fingerprint density at radius 2 is 2.13 bits per heavy atom. The van der Waals surface area contributed by atoms with Crippen LogP contribution in [0.3, 0.4) is 0 Å². The molecule has 0 spiro atoms. The molecule has 76 valence electrons. The Morgan fingerprint density at radius 3 is 2.73 bits per heavy atom. The molecule has 15 heavy (non-hydrogen) atoms. The Balaban J connectivity index is 2.53. The van der Waals surface area contributed by atoms with E-state index in [0.717, 1.165) is 23.5 Å². The summed E-state index contributed by atoms with van der Waals surface area (Å²) in [4.78, 5) is 18.9. The molecule has 0 saturated carbocycles. The predicted molar refractivity (Wildman–Crippen MR) is 56.2 cm³/mol. The van der Waals surface area contributed by atoms with E-state index in [2.05, 4.69) is 9.97 Å². The van der Waals surface area contributed by atoms with Gasteiger partial charge in [-0.3, -0.25) is 9.78 Å². The number of nitrogens with zero attached hydrogens (tertiary/aromatic N) is 3. The van der Waals surface area contributed by atoms with Crippen molar-refractivity contribution in [3.8, 4) is 5.69 Å². The van der Waals surface area contributed by atoms with Gasteiger partial charge in [0.1, 0.15) is 5.82 Å². The summed E-state index contributed by atoms with van der Waals surface area (Å²) in [5.74, 6) is 0.886. The van der Waals surface area contributed by atoms with Crippen molar-refractivity contribution in [2.24, 2.45) is 0 Å². The fraction of sp³-hybridized carbons (Fsp3) is 0.182. The quantitative estimate of drug-likeness (QED) is 0.695. The van der Waals surface area contributed by atoms with Crippen LogP contribution in [-0.4, -0.2) is 20.8 Å². The zero-order valence-electron chi connectivity index (χ0n) is 8.64. The SMILES string of the molecule is Cc1cn(-c2cncc(C=O)c2)c(C)n1. The van der Waals surface area contributed by atoms with E-state index in [4.69, 9.17) is 0 Å².